The van der Waals surface area contributed by atoms with E-state index in [4.69, 9.17) is 14.2 Å². The molecule has 5 heteroatoms. The van der Waals surface area contributed by atoms with Crippen LogP contribution in [-0.2, 0) is 14.3 Å². The summed E-state index contributed by atoms with van der Waals surface area (Å²) in [6.45, 7) is 6.27. The first-order valence-electron chi connectivity index (χ1n) is 12.6. The maximum Gasteiger partial charge on any atom is 0.336 e. The highest BCUT2D eigenvalue weighted by molar-refractivity contribution is 5.88. The molecule has 0 atom stereocenters. The van der Waals surface area contributed by atoms with Gasteiger partial charge in [-0.3, -0.25) is 0 Å². The van der Waals surface area contributed by atoms with Crippen LogP contribution in [0.4, 0.5) is 0 Å². The SMILES string of the molecule is C=C(C)C(=O)OCCCCCCOc1ccc(C#Cc2ccc(OC(=O)/C=C/c3ccccc3)cc2)cc1. The van der Waals surface area contributed by atoms with Gasteiger partial charge >= 0.3 is 11.9 Å². The van der Waals surface area contributed by atoms with Gasteiger partial charge in [0.2, 0.25) is 0 Å². The Morgan fingerprint density at radius 3 is 1.95 bits per heavy atom. The van der Waals surface area contributed by atoms with Gasteiger partial charge in [-0.05, 0) is 92.8 Å². The van der Waals surface area contributed by atoms with Crippen molar-refractivity contribution in [1.82, 2.24) is 0 Å². The molecule has 0 saturated heterocycles. The maximum atomic E-state index is 12.0. The van der Waals surface area contributed by atoms with E-state index in [0.29, 0.717) is 24.5 Å². The normalized spacial score (nSPS) is 10.3. The third-order valence-electron chi connectivity index (χ3n) is 5.38. The van der Waals surface area contributed by atoms with Gasteiger partial charge in [-0.15, -0.1) is 0 Å². The highest BCUT2D eigenvalue weighted by Gasteiger charge is 2.02. The van der Waals surface area contributed by atoms with E-state index in [-0.39, 0.29) is 5.97 Å². The van der Waals surface area contributed by atoms with E-state index >= 15 is 0 Å². The molecule has 194 valence electrons. The van der Waals surface area contributed by atoms with E-state index < -0.39 is 5.97 Å². The third-order valence-corrected chi connectivity index (χ3v) is 5.38. The summed E-state index contributed by atoms with van der Waals surface area (Å²) in [7, 11) is 0. The third kappa shape index (κ3) is 10.6. The largest absolute Gasteiger partial charge is 0.494 e. The van der Waals surface area contributed by atoms with Crippen LogP contribution in [0.25, 0.3) is 6.08 Å². The molecule has 0 amide bonds. The van der Waals surface area contributed by atoms with E-state index in [9.17, 15) is 9.59 Å². The zero-order chi connectivity index (χ0) is 27.0. The lowest BCUT2D eigenvalue weighted by molar-refractivity contribution is -0.139. The molecule has 0 radical (unpaired) electrons. The fourth-order valence-electron chi connectivity index (χ4n) is 3.30. The maximum absolute atomic E-state index is 12.0. The second-order valence-corrected chi connectivity index (χ2v) is 8.64. The minimum atomic E-state index is -0.434. The van der Waals surface area contributed by atoms with Gasteiger partial charge in [0.25, 0.3) is 0 Å². The summed E-state index contributed by atoms with van der Waals surface area (Å²) < 4.78 is 16.2. The van der Waals surface area contributed by atoms with Crippen molar-refractivity contribution in [3.8, 4) is 23.3 Å². The van der Waals surface area contributed by atoms with Crippen LogP contribution in [0.2, 0.25) is 0 Å². The Balaban J connectivity index is 1.35. The van der Waals surface area contributed by atoms with E-state index in [0.717, 1.165) is 48.1 Å². The van der Waals surface area contributed by atoms with E-state index in [1.54, 1.807) is 25.1 Å². The summed E-state index contributed by atoms with van der Waals surface area (Å²) in [5.74, 6) is 6.75. The first-order chi connectivity index (χ1) is 18.5. The summed E-state index contributed by atoms with van der Waals surface area (Å²) in [6, 6.07) is 24.3. The minimum Gasteiger partial charge on any atom is -0.494 e. The molecule has 0 unspecified atom stereocenters. The Kier molecular flexibility index (Phi) is 11.5. The summed E-state index contributed by atoms with van der Waals surface area (Å²) in [6.07, 6.45) is 6.89. The van der Waals surface area contributed by atoms with Crippen LogP contribution in [0.1, 0.15) is 49.3 Å². The molecular formula is C33H32O5. The topological polar surface area (TPSA) is 61.8 Å². The molecule has 0 N–H and O–H groups in total. The first kappa shape index (κ1) is 28.0. The Morgan fingerprint density at radius 1 is 0.763 bits per heavy atom. The fourth-order valence-corrected chi connectivity index (χ4v) is 3.30. The van der Waals surface area contributed by atoms with E-state index in [2.05, 4.69) is 18.4 Å². The highest BCUT2D eigenvalue weighted by atomic mass is 16.5. The number of rotatable bonds is 12. The summed E-state index contributed by atoms with van der Waals surface area (Å²) in [4.78, 5) is 23.3. The molecule has 0 saturated carbocycles. The number of unbranched alkanes of at least 4 members (excludes halogenated alkanes) is 3. The fraction of sp³-hybridized carbons (Fsp3) is 0.212. The zero-order valence-corrected chi connectivity index (χ0v) is 21.7. The Hall–Kier alpha value is -4.56. The second kappa shape index (κ2) is 15.5. The van der Waals surface area contributed by atoms with Gasteiger partial charge in [-0.1, -0.05) is 48.8 Å². The lowest BCUT2D eigenvalue weighted by Crippen LogP contribution is -2.06. The van der Waals surface area contributed by atoms with Crippen molar-refractivity contribution in [2.45, 2.75) is 32.6 Å². The van der Waals surface area contributed by atoms with Crippen molar-refractivity contribution in [2.75, 3.05) is 13.2 Å². The molecule has 0 aliphatic rings. The molecule has 0 bridgehead atoms. The molecule has 0 aromatic heterocycles. The van der Waals surface area contributed by atoms with Crippen molar-refractivity contribution in [3.05, 3.63) is 114 Å². The predicted octanol–water partition coefficient (Wildman–Crippen LogP) is 6.76. The second-order valence-electron chi connectivity index (χ2n) is 8.64. The molecular weight excluding hydrogens is 476 g/mol. The van der Waals surface area contributed by atoms with Crippen LogP contribution < -0.4 is 9.47 Å². The van der Waals surface area contributed by atoms with Crippen LogP contribution in [-0.4, -0.2) is 25.2 Å². The van der Waals surface area contributed by atoms with Gasteiger partial charge in [0.1, 0.15) is 11.5 Å². The van der Waals surface area contributed by atoms with Crippen LogP contribution in [0.15, 0.2) is 97.1 Å². The number of hydrogen-bond acceptors (Lipinski definition) is 5. The van der Waals surface area contributed by atoms with Crippen LogP contribution in [0.3, 0.4) is 0 Å². The molecule has 3 aromatic carbocycles. The van der Waals surface area contributed by atoms with E-state index in [1.165, 1.54) is 6.08 Å². The average molecular weight is 509 g/mol. The standard InChI is InChI=1S/C33H32O5/c1-26(2)33(35)37-25-9-4-3-8-24-36-30-19-14-28(15-20-30)12-13-29-16-21-31(22-17-29)38-32(34)23-18-27-10-6-5-7-11-27/h5-7,10-11,14-23H,1,3-4,8-9,24-25H2,2H3/b23-18+. The lowest BCUT2D eigenvalue weighted by atomic mass is 10.1. The van der Waals surface area contributed by atoms with Crippen LogP contribution >= 0.6 is 0 Å². The number of esters is 2. The highest BCUT2D eigenvalue weighted by Crippen LogP contribution is 2.15. The molecule has 5 nitrogen and oxygen atoms in total. The smallest absolute Gasteiger partial charge is 0.336 e. The predicted molar refractivity (Wildman–Crippen MR) is 150 cm³/mol. The van der Waals surface area contributed by atoms with Crippen molar-refractivity contribution in [3.63, 3.8) is 0 Å². The van der Waals surface area contributed by atoms with Gasteiger partial charge in [0.05, 0.1) is 13.2 Å². The Morgan fingerprint density at radius 2 is 1.34 bits per heavy atom. The number of hydrogen-bond donors (Lipinski definition) is 0. The minimum absolute atomic E-state index is 0.328. The number of carbonyl (C=O) groups is 2. The number of ether oxygens (including phenoxy) is 3. The molecule has 3 aromatic rings. The average Bonchev–Trinajstić information content (AvgIpc) is 2.94. The number of carbonyl (C=O) groups excluding carboxylic acids is 2. The first-order valence-corrected chi connectivity index (χ1v) is 12.6. The van der Waals surface area contributed by atoms with Crippen molar-refractivity contribution in [2.24, 2.45) is 0 Å². The molecule has 38 heavy (non-hydrogen) atoms. The molecule has 0 aliphatic heterocycles. The Labute approximate surface area is 224 Å². The Bertz CT molecular complexity index is 1280. The molecule has 0 heterocycles. The van der Waals surface area contributed by atoms with Crippen molar-refractivity contribution >= 4 is 18.0 Å². The van der Waals surface area contributed by atoms with Gasteiger partial charge in [0, 0.05) is 22.8 Å². The molecule has 0 spiro atoms. The van der Waals surface area contributed by atoms with E-state index in [1.807, 2.05) is 66.7 Å². The summed E-state index contributed by atoms with van der Waals surface area (Å²) >= 11 is 0. The van der Waals surface area contributed by atoms with Crippen molar-refractivity contribution < 1.29 is 23.8 Å². The molecule has 0 aliphatic carbocycles. The summed E-state index contributed by atoms with van der Waals surface area (Å²) in [5, 5.41) is 0. The molecule has 0 fully saturated rings. The summed E-state index contributed by atoms with van der Waals surface area (Å²) in [5.41, 5.74) is 3.06. The van der Waals surface area contributed by atoms with Gasteiger partial charge in [0.15, 0.2) is 0 Å². The van der Waals surface area contributed by atoms with Crippen molar-refractivity contribution in [1.29, 1.82) is 0 Å². The van der Waals surface area contributed by atoms with Crippen LogP contribution in [0, 0.1) is 11.8 Å². The van der Waals surface area contributed by atoms with Gasteiger partial charge in [-0.2, -0.15) is 0 Å². The van der Waals surface area contributed by atoms with Gasteiger partial charge in [-0.25, -0.2) is 9.59 Å². The molecule has 3 rings (SSSR count). The number of benzene rings is 3. The van der Waals surface area contributed by atoms with Crippen LogP contribution in [0.5, 0.6) is 11.5 Å². The zero-order valence-electron chi connectivity index (χ0n) is 21.7. The van der Waals surface area contributed by atoms with Gasteiger partial charge < -0.3 is 14.2 Å². The monoisotopic (exact) mass is 508 g/mol. The quantitative estimate of drug-likeness (QED) is 0.0889. The lowest BCUT2D eigenvalue weighted by Gasteiger charge is -2.07.